The molecule has 3 aromatic carbocycles. The van der Waals surface area contributed by atoms with Gasteiger partial charge in [-0.2, -0.15) is 0 Å². The summed E-state index contributed by atoms with van der Waals surface area (Å²) in [6.07, 6.45) is 0. The van der Waals surface area contributed by atoms with Gasteiger partial charge in [-0.05, 0) is 35.2 Å². The van der Waals surface area contributed by atoms with Gasteiger partial charge in [0.25, 0.3) is 10.0 Å². The third-order valence-corrected chi connectivity index (χ3v) is 8.21. The number of carbonyl (C=O) groups is 1. The normalized spacial score (nSPS) is 14.9. The van der Waals surface area contributed by atoms with Crippen LogP contribution in [-0.2, 0) is 28.5 Å². The highest BCUT2D eigenvalue weighted by Crippen LogP contribution is 2.43. The Balaban J connectivity index is 1.59. The number of aromatic nitrogens is 2. The minimum Gasteiger partial charge on any atom is -0.473 e. The molecule has 0 saturated heterocycles. The van der Waals surface area contributed by atoms with Crippen molar-refractivity contribution in [2.45, 2.75) is 39.3 Å². The van der Waals surface area contributed by atoms with Crippen LogP contribution in [0.2, 0.25) is 0 Å². The van der Waals surface area contributed by atoms with Crippen LogP contribution < -0.4 is 14.7 Å². The van der Waals surface area contributed by atoms with E-state index in [2.05, 4.69) is 0 Å². The molecule has 0 amide bonds. The van der Waals surface area contributed by atoms with Crippen molar-refractivity contribution in [1.82, 2.24) is 9.13 Å². The van der Waals surface area contributed by atoms with Gasteiger partial charge in [0.15, 0.2) is 5.78 Å². The average Bonchev–Trinajstić information content (AvgIpc) is 3.12. The Hall–Kier alpha value is -3.85. The van der Waals surface area contributed by atoms with E-state index in [-0.39, 0.29) is 23.4 Å². The van der Waals surface area contributed by atoms with E-state index >= 15 is 0 Å². The Morgan fingerprint density at radius 3 is 2.24 bits per heavy atom. The van der Waals surface area contributed by atoms with Crippen LogP contribution in [0.15, 0.2) is 66.7 Å². The Morgan fingerprint density at radius 2 is 1.59 bits per heavy atom. The van der Waals surface area contributed by atoms with Crippen LogP contribution >= 0.6 is 0 Å². The van der Waals surface area contributed by atoms with Gasteiger partial charge in [0.2, 0.25) is 11.6 Å². The number of benzene rings is 3. The first kappa shape index (κ1) is 24.8. The lowest BCUT2D eigenvalue weighted by atomic mass is 9.84. The molecule has 0 spiro atoms. The van der Waals surface area contributed by atoms with E-state index in [9.17, 15) is 13.2 Å². The predicted octanol–water partition coefficient (Wildman–Crippen LogP) is 4.27. The zero-order valence-electron chi connectivity index (χ0n) is 21.4. The predicted molar refractivity (Wildman–Crippen MR) is 144 cm³/mol. The molecule has 5 rings (SSSR count). The monoisotopic (exact) mass is 518 g/mol. The van der Waals surface area contributed by atoms with Gasteiger partial charge >= 0.3 is 0 Å². The molecule has 0 saturated carbocycles. The number of ether oxygens (including phenoxy) is 1. The Labute approximate surface area is 216 Å². The number of imidazole rings is 1. The highest BCUT2D eigenvalue weighted by molar-refractivity contribution is 7.92. The van der Waals surface area contributed by atoms with Crippen molar-refractivity contribution in [3.8, 4) is 5.75 Å². The Kier molecular flexibility index (Phi) is 5.98. The van der Waals surface area contributed by atoms with Gasteiger partial charge in [0.05, 0.1) is 29.8 Å². The zero-order valence-corrected chi connectivity index (χ0v) is 22.2. The van der Waals surface area contributed by atoms with E-state index in [1.165, 1.54) is 11.4 Å². The summed E-state index contributed by atoms with van der Waals surface area (Å²) in [5, 5.41) is 8.92. The van der Waals surface area contributed by atoms with Crippen LogP contribution in [0, 0.1) is 5.41 Å². The second-order valence-corrected chi connectivity index (χ2v) is 12.3. The molecule has 8 nitrogen and oxygen atoms in total. The molecular formula is C28H30N4O4S. The topological polar surface area (TPSA) is 97.4 Å². The van der Waals surface area contributed by atoms with Gasteiger partial charge in [-0.1, -0.05) is 63.2 Å². The van der Waals surface area contributed by atoms with Crippen molar-refractivity contribution in [2.24, 2.45) is 0 Å². The number of para-hydroxylation sites is 2. The summed E-state index contributed by atoms with van der Waals surface area (Å²) in [4.78, 5) is 13.7. The lowest BCUT2D eigenvalue weighted by Crippen LogP contribution is -2.36. The summed E-state index contributed by atoms with van der Waals surface area (Å²) < 4.78 is 35.5. The van der Waals surface area contributed by atoms with Crippen LogP contribution in [-0.4, -0.2) is 36.3 Å². The maximum atomic E-state index is 13.7. The highest BCUT2D eigenvalue weighted by Gasteiger charge is 2.34. The summed E-state index contributed by atoms with van der Waals surface area (Å²) in [5.41, 5.74) is 4.03. The number of rotatable bonds is 5. The smallest absolute Gasteiger partial charge is 0.270 e. The highest BCUT2D eigenvalue weighted by atomic mass is 32.2. The molecule has 0 unspecified atom stereocenters. The molecule has 0 fully saturated rings. The number of nitrogens with zero attached hydrogens (tertiary/aromatic N) is 3. The first-order chi connectivity index (χ1) is 17.5. The maximum absolute atomic E-state index is 13.7. The lowest BCUT2D eigenvalue weighted by molar-refractivity contribution is 0.0971. The number of hydrogen-bond donors (Lipinski definition) is 1. The second-order valence-electron chi connectivity index (χ2n) is 10.4. The summed E-state index contributed by atoms with van der Waals surface area (Å²) in [6.45, 7) is 6.45. The third kappa shape index (κ3) is 4.44. The quantitative estimate of drug-likeness (QED) is 0.399. The van der Waals surface area contributed by atoms with Gasteiger partial charge in [0.1, 0.15) is 5.75 Å². The molecule has 2 heterocycles. The first-order valence-electron chi connectivity index (χ1n) is 12.0. The Morgan fingerprint density at radius 1 is 0.973 bits per heavy atom. The van der Waals surface area contributed by atoms with Crippen molar-refractivity contribution in [2.75, 3.05) is 17.3 Å². The largest absolute Gasteiger partial charge is 0.473 e. The van der Waals surface area contributed by atoms with Gasteiger partial charge in [-0.15, -0.1) is 0 Å². The fourth-order valence-corrected chi connectivity index (χ4v) is 5.56. The average molecular weight is 519 g/mol. The molecule has 192 valence electrons. The molecule has 0 bridgehead atoms. The maximum Gasteiger partial charge on any atom is 0.270 e. The van der Waals surface area contributed by atoms with Crippen LogP contribution in [0.4, 0.5) is 5.69 Å². The fourth-order valence-electron chi connectivity index (χ4n) is 4.70. The molecule has 9 heteroatoms. The molecule has 0 atom stereocenters. The van der Waals surface area contributed by atoms with E-state index < -0.39 is 16.0 Å². The standard InChI is InChI=1S/C28H30N4O4S/c1-28(2,3)21-14-20(15-24-26(21)36-18-37(34,35)30(24)4)25(33)17-32-23-13-9-8-12-22(23)31(27(32)29)16-19-10-6-5-7-11-19/h5-15,29H,16-18H2,1-4H3. The number of hydrogen-bond acceptors (Lipinski definition) is 5. The number of nitrogens with one attached hydrogen (secondary N) is 1. The molecule has 1 aliphatic heterocycles. The minimum absolute atomic E-state index is 0.0547. The van der Waals surface area contributed by atoms with Crippen LogP contribution in [0.1, 0.15) is 42.3 Å². The van der Waals surface area contributed by atoms with Gasteiger partial charge in [0, 0.05) is 18.2 Å². The van der Waals surface area contributed by atoms with Gasteiger partial charge < -0.3 is 13.9 Å². The van der Waals surface area contributed by atoms with Crippen LogP contribution in [0.3, 0.4) is 0 Å². The molecule has 1 aromatic heterocycles. The number of carbonyl (C=O) groups excluding carboxylic acids is 1. The number of ketones is 1. The van der Waals surface area contributed by atoms with Crippen molar-refractivity contribution < 1.29 is 17.9 Å². The fraction of sp³-hybridized carbons (Fsp3) is 0.286. The molecule has 1 N–H and O–H groups in total. The first-order valence-corrected chi connectivity index (χ1v) is 13.7. The van der Waals surface area contributed by atoms with E-state index in [4.69, 9.17) is 10.1 Å². The van der Waals surface area contributed by atoms with Crippen LogP contribution in [0.25, 0.3) is 11.0 Å². The number of Topliss-reactive ketones (excluding diaryl/α,β-unsaturated/α-hetero) is 1. The third-order valence-electron chi connectivity index (χ3n) is 6.77. The summed E-state index contributed by atoms with van der Waals surface area (Å²) in [7, 11) is -2.16. The van der Waals surface area contributed by atoms with E-state index in [0.29, 0.717) is 23.5 Å². The van der Waals surface area contributed by atoms with E-state index in [1.807, 2.05) is 79.9 Å². The van der Waals surface area contributed by atoms with Gasteiger partial charge in [-0.3, -0.25) is 14.5 Å². The Bertz CT molecular complexity index is 1680. The van der Waals surface area contributed by atoms with Crippen molar-refractivity contribution in [1.29, 1.82) is 5.41 Å². The number of sulfonamides is 1. The molecular weight excluding hydrogens is 488 g/mol. The SMILES string of the molecule is CN1c2cc(C(=O)Cn3c(=N)n(Cc4ccccc4)c4ccccc43)cc(C(C)(C)C)c2OCS1(=O)=O. The molecule has 37 heavy (non-hydrogen) atoms. The molecule has 1 aliphatic rings. The van der Waals surface area contributed by atoms with Crippen molar-refractivity contribution >= 4 is 32.5 Å². The zero-order chi connectivity index (χ0) is 26.5. The molecule has 0 aliphatic carbocycles. The van der Waals surface area contributed by atoms with Crippen molar-refractivity contribution in [3.63, 3.8) is 0 Å². The van der Waals surface area contributed by atoms with E-state index in [0.717, 1.165) is 22.2 Å². The van der Waals surface area contributed by atoms with E-state index in [1.54, 1.807) is 16.7 Å². The molecule has 4 aromatic rings. The summed E-state index contributed by atoms with van der Waals surface area (Å²) >= 11 is 0. The summed E-state index contributed by atoms with van der Waals surface area (Å²) in [6, 6.07) is 20.9. The number of fused-ring (bicyclic) bond motifs is 2. The van der Waals surface area contributed by atoms with Crippen molar-refractivity contribution in [3.05, 3.63) is 89.0 Å². The minimum atomic E-state index is -3.64. The van der Waals surface area contributed by atoms with Gasteiger partial charge in [-0.25, -0.2) is 8.42 Å². The summed E-state index contributed by atoms with van der Waals surface area (Å²) in [5.74, 6) is -0.174. The number of anilines is 1. The molecule has 0 radical (unpaired) electrons. The lowest BCUT2D eigenvalue weighted by Gasteiger charge is -2.32. The second kappa shape index (κ2) is 8.92. The van der Waals surface area contributed by atoms with Crippen LogP contribution in [0.5, 0.6) is 5.75 Å².